The lowest BCUT2D eigenvalue weighted by atomic mass is 10.0. The molecule has 0 bridgehead atoms. The Kier molecular flexibility index (Phi) is 6.02. The molecular formula is C21H23NO4. The molecule has 0 aliphatic carbocycles. The smallest absolute Gasteiger partial charge is 0.337 e. The van der Waals surface area contributed by atoms with Crippen LogP contribution in [0.3, 0.4) is 0 Å². The quantitative estimate of drug-likeness (QED) is 0.776. The van der Waals surface area contributed by atoms with E-state index < -0.39 is 5.97 Å². The highest BCUT2D eigenvalue weighted by molar-refractivity contribution is 5.96. The van der Waals surface area contributed by atoms with Crippen molar-refractivity contribution in [3.8, 4) is 0 Å². The second-order valence-electron chi connectivity index (χ2n) is 6.34. The molecule has 0 saturated carbocycles. The molecule has 1 atom stereocenters. The molecule has 3 rings (SSSR count). The first kappa shape index (κ1) is 18.1. The molecule has 5 heteroatoms. The van der Waals surface area contributed by atoms with Crippen LogP contribution in [0.1, 0.15) is 32.7 Å². The summed E-state index contributed by atoms with van der Waals surface area (Å²) in [6, 6.07) is 16.9. The molecule has 2 aromatic carbocycles. The van der Waals surface area contributed by atoms with Crippen molar-refractivity contribution in [3.63, 3.8) is 0 Å². The van der Waals surface area contributed by atoms with Crippen LogP contribution in [0.4, 0.5) is 0 Å². The SMILES string of the molecule is COC(=O)c1ccc(C(=O)N2CCOC(CCc3ccccc3)C2)cc1. The van der Waals surface area contributed by atoms with Crippen LogP contribution in [0.2, 0.25) is 0 Å². The third kappa shape index (κ3) is 4.49. The lowest BCUT2D eigenvalue weighted by Gasteiger charge is -2.33. The van der Waals surface area contributed by atoms with Gasteiger partial charge in [0.25, 0.3) is 5.91 Å². The number of carbonyl (C=O) groups is 2. The number of carbonyl (C=O) groups excluding carboxylic acids is 2. The maximum atomic E-state index is 12.7. The normalized spacial score (nSPS) is 17.0. The van der Waals surface area contributed by atoms with Gasteiger partial charge in [0.1, 0.15) is 0 Å². The molecule has 1 unspecified atom stereocenters. The van der Waals surface area contributed by atoms with Crippen LogP contribution in [0.25, 0.3) is 0 Å². The Balaban J connectivity index is 1.58. The molecule has 0 spiro atoms. The van der Waals surface area contributed by atoms with E-state index in [1.165, 1.54) is 12.7 Å². The van der Waals surface area contributed by atoms with Crippen molar-refractivity contribution in [2.75, 3.05) is 26.8 Å². The fourth-order valence-corrected chi connectivity index (χ4v) is 3.10. The average molecular weight is 353 g/mol. The molecule has 5 nitrogen and oxygen atoms in total. The Labute approximate surface area is 153 Å². The average Bonchev–Trinajstić information content (AvgIpc) is 2.72. The molecule has 26 heavy (non-hydrogen) atoms. The molecule has 1 aliphatic heterocycles. The van der Waals surface area contributed by atoms with Crippen molar-refractivity contribution in [3.05, 3.63) is 71.3 Å². The number of hydrogen-bond donors (Lipinski definition) is 0. The van der Waals surface area contributed by atoms with Gasteiger partial charge in [-0.3, -0.25) is 4.79 Å². The van der Waals surface area contributed by atoms with E-state index in [9.17, 15) is 9.59 Å². The number of nitrogens with zero attached hydrogens (tertiary/aromatic N) is 1. The molecule has 0 N–H and O–H groups in total. The second kappa shape index (κ2) is 8.63. The van der Waals surface area contributed by atoms with E-state index in [0.717, 1.165) is 12.8 Å². The molecule has 0 aromatic heterocycles. The zero-order chi connectivity index (χ0) is 18.4. The number of ether oxygens (including phenoxy) is 2. The Bertz CT molecular complexity index is 742. The Morgan fingerprint density at radius 3 is 2.46 bits per heavy atom. The summed E-state index contributed by atoms with van der Waals surface area (Å²) in [5.41, 5.74) is 2.28. The third-order valence-electron chi connectivity index (χ3n) is 4.58. The number of aryl methyl sites for hydroxylation is 1. The molecular weight excluding hydrogens is 330 g/mol. The van der Waals surface area contributed by atoms with E-state index >= 15 is 0 Å². The summed E-state index contributed by atoms with van der Waals surface area (Å²) in [7, 11) is 1.34. The summed E-state index contributed by atoms with van der Waals surface area (Å²) in [6.07, 6.45) is 1.86. The van der Waals surface area contributed by atoms with Gasteiger partial charge in [-0.2, -0.15) is 0 Å². The number of benzene rings is 2. The first-order valence-electron chi connectivity index (χ1n) is 8.80. The lowest BCUT2D eigenvalue weighted by Crippen LogP contribution is -2.45. The van der Waals surface area contributed by atoms with Gasteiger partial charge in [0.15, 0.2) is 0 Å². The minimum Gasteiger partial charge on any atom is -0.465 e. The summed E-state index contributed by atoms with van der Waals surface area (Å²) in [4.78, 5) is 26.0. The van der Waals surface area contributed by atoms with E-state index in [2.05, 4.69) is 16.9 Å². The Hall–Kier alpha value is -2.66. The van der Waals surface area contributed by atoms with E-state index in [1.807, 2.05) is 23.1 Å². The van der Waals surface area contributed by atoms with Crippen LogP contribution in [0.5, 0.6) is 0 Å². The monoisotopic (exact) mass is 353 g/mol. The number of esters is 1. The summed E-state index contributed by atoms with van der Waals surface area (Å²) in [6.45, 7) is 1.72. The Morgan fingerprint density at radius 2 is 1.77 bits per heavy atom. The summed E-state index contributed by atoms with van der Waals surface area (Å²) < 4.78 is 10.5. The van der Waals surface area contributed by atoms with Gasteiger partial charge >= 0.3 is 5.97 Å². The van der Waals surface area contributed by atoms with E-state index in [4.69, 9.17) is 4.74 Å². The van der Waals surface area contributed by atoms with Gasteiger partial charge in [-0.15, -0.1) is 0 Å². The number of hydrogen-bond acceptors (Lipinski definition) is 4. The zero-order valence-electron chi connectivity index (χ0n) is 14.9. The largest absolute Gasteiger partial charge is 0.465 e. The van der Waals surface area contributed by atoms with Crippen molar-refractivity contribution >= 4 is 11.9 Å². The van der Waals surface area contributed by atoms with Crippen molar-refractivity contribution in [1.29, 1.82) is 0 Å². The standard InChI is InChI=1S/C21H23NO4/c1-25-21(24)18-10-8-17(9-11-18)20(23)22-13-14-26-19(15-22)12-7-16-5-3-2-4-6-16/h2-6,8-11,19H,7,12-15H2,1H3. The molecule has 136 valence electrons. The fraction of sp³-hybridized carbons (Fsp3) is 0.333. The molecule has 1 amide bonds. The molecule has 1 aliphatic rings. The van der Waals surface area contributed by atoms with Gasteiger partial charge in [-0.1, -0.05) is 30.3 Å². The van der Waals surface area contributed by atoms with Crippen LogP contribution in [-0.2, 0) is 15.9 Å². The number of methoxy groups -OCH3 is 1. The van der Waals surface area contributed by atoms with Gasteiger partial charge in [0.2, 0.25) is 0 Å². The Morgan fingerprint density at radius 1 is 1.08 bits per heavy atom. The molecule has 1 fully saturated rings. The highest BCUT2D eigenvalue weighted by Gasteiger charge is 2.25. The second-order valence-corrected chi connectivity index (χ2v) is 6.34. The van der Waals surface area contributed by atoms with Gasteiger partial charge in [-0.25, -0.2) is 4.79 Å². The van der Waals surface area contributed by atoms with Crippen LogP contribution in [-0.4, -0.2) is 49.7 Å². The number of rotatable bonds is 5. The zero-order valence-corrected chi connectivity index (χ0v) is 14.9. The summed E-state index contributed by atoms with van der Waals surface area (Å²) in [5.74, 6) is -0.439. The molecule has 2 aromatic rings. The highest BCUT2D eigenvalue weighted by atomic mass is 16.5. The van der Waals surface area contributed by atoms with Crippen molar-refractivity contribution in [2.24, 2.45) is 0 Å². The van der Waals surface area contributed by atoms with Gasteiger partial charge in [-0.05, 0) is 42.7 Å². The number of morpholine rings is 1. The lowest BCUT2D eigenvalue weighted by molar-refractivity contribution is -0.0246. The van der Waals surface area contributed by atoms with Crippen LogP contribution in [0.15, 0.2) is 54.6 Å². The van der Waals surface area contributed by atoms with E-state index in [1.54, 1.807) is 24.3 Å². The third-order valence-corrected chi connectivity index (χ3v) is 4.58. The van der Waals surface area contributed by atoms with Crippen molar-refractivity contribution < 1.29 is 19.1 Å². The summed E-state index contributed by atoms with van der Waals surface area (Å²) in [5, 5.41) is 0. The van der Waals surface area contributed by atoms with Crippen molar-refractivity contribution in [1.82, 2.24) is 4.90 Å². The predicted octanol–water partition coefficient (Wildman–Crippen LogP) is 2.95. The highest BCUT2D eigenvalue weighted by Crippen LogP contribution is 2.16. The van der Waals surface area contributed by atoms with Crippen molar-refractivity contribution in [2.45, 2.75) is 18.9 Å². The minimum atomic E-state index is -0.406. The minimum absolute atomic E-state index is 0.0329. The first-order valence-corrected chi connectivity index (χ1v) is 8.80. The predicted molar refractivity (Wildman–Crippen MR) is 98.2 cm³/mol. The van der Waals surface area contributed by atoms with Gasteiger partial charge < -0.3 is 14.4 Å². The van der Waals surface area contributed by atoms with Crippen LogP contribution >= 0.6 is 0 Å². The van der Waals surface area contributed by atoms with Gasteiger partial charge in [0, 0.05) is 18.7 Å². The maximum Gasteiger partial charge on any atom is 0.337 e. The topological polar surface area (TPSA) is 55.8 Å². The maximum absolute atomic E-state index is 12.7. The van der Waals surface area contributed by atoms with Gasteiger partial charge in [0.05, 0.1) is 25.4 Å². The molecule has 1 saturated heterocycles. The number of amides is 1. The molecule has 0 radical (unpaired) electrons. The first-order chi connectivity index (χ1) is 12.7. The van der Waals surface area contributed by atoms with Crippen LogP contribution < -0.4 is 0 Å². The summed E-state index contributed by atoms with van der Waals surface area (Å²) >= 11 is 0. The van der Waals surface area contributed by atoms with E-state index in [-0.39, 0.29) is 12.0 Å². The molecule has 1 heterocycles. The van der Waals surface area contributed by atoms with E-state index in [0.29, 0.717) is 30.8 Å². The van der Waals surface area contributed by atoms with Crippen LogP contribution in [0, 0.1) is 0 Å². The fourth-order valence-electron chi connectivity index (χ4n) is 3.10.